The smallest absolute Gasteiger partial charge is 0.357 e. The van der Waals surface area contributed by atoms with Crippen LogP contribution in [0.4, 0.5) is 11.6 Å². The van der Waals surface area contributed by atoms with E-state index in [4.69, 9.17) is 14.7 Å². The van der Waals surface area contributed by atoms with Crippen LogP contribution in [0.15, 0.2) is 54.9 Å². The van der Waals surface area contributed by atoms with Crippen LogP contribution in [0.5, 0.6) is 5.75 Å². The molecule has 0 bridgehead atoms. The van der Waals surface area contributed by atoms with Gasteiger partial charge >= 0.3 is 11.9 Å². The number of esters is 1. The lowest BCUT2D eigenvalue weighted by Gasteiger charge is -2.36. The number of phenols is 1. The van der Waals surface area contributed by atoms with Gasteiger partial charge in [-0.25, -0.2) is 14.5 Å². The lowest BCUT2D eigenvalue weighted by atomic mass is 10.2. The van der Waals surface area contributed by atoms with E-state index in [1.165, 1.54) is 11.0 Å². The summed E-state index contributed by atoms with van der Waals surface area (Å²) in [5.74, 6) is -0.681. The molecule has 1 fully saturated rings. The highest BCUT2D eigenvalue weighted by atomic mass is 16.6. The molecule has 1 saturated heterocycles. The number of aromatic nitrogens is 6. The third-order valence-electron chi connectivity index (χ3n) is 6.93. The molecule has 2 N–H and O–H groups in total. The van der Waals surface area contributed by atoms with Crippen LogP contribution in [0.3, 0.4) is 0 Å². The van der Waals surface area contributed by atoms with Crippen molar-refractivity contribution >= 4 is 45.6 Å². The van der Waals surface area contributed by atoms with Crippen LogP contribution in [0.2, 0.25) is 0 Å². The summed E-state index contributed by atoms with van der Waals surface area (Å²) < 4.78 is 8.61. The Balaban J connectivity index is 1.42. The first-order chi connectivity index (χ1) is 20.1. The maximum Gasteiger partial charge on any atom is 0.357 e. The Bertz CT molecular complexity index is 1800. The molecule has 6 rings (SSSR count). The number of hydrogen-bond acceptors (Lipinski definition) is 10. The van der Waals surface area contributed by atoms with Gasteiger partial charge in [0.15, 0.2) is 17.2 Å². The van der Waals surface area contributed by atoms with Crippen LogP contribution in [0, 0.1) is 0 Å². The molecular formula is C29H30N8O5. The van der Waals surface area contributed by atoms with Gasteiger partial charge in [0.2, 0.25) is 5.95 Å². The molecule has 5 aromatic rings. The van der Waals surface area contributed by atoms with Crippen molar-refractivity contribution in [3.63, 3.8) is 0 Å². The number of carboxylic acid groups (broad SMARTS) is 1. The van der Waals surface area contributed by atoms with Crippen LogP contribution in [0.25, 0.3) is 27.9 Å². The van der Waals surface area contributed by atoms with Gasteiger partial charge in [-0.1, -0.05) is 18.2 Å². The first-order valence-electron chi connectivity index (χ1n) is 13.5. The highest BCUT2D eigenvalue weighted by Crippen LogP contribution is 2.28. The van der Waals surface area contributed by atoms with E-state index in [2.05, 4.69) is 15.0 Å². The third kappa shape index (κ3) is 5.16. The van der Waals surface area contributed by atoms with Gasteiger partial charge in [0.25, 0.3) is 0 Å². The van der Waals surface area contributed by atoms with Gasteiger partial charge in [0.1, 0.15) is 23.4 Å². The number of carboxylic acids is 1. The molecule has 216 valence electrons. The van der Waals surface area contributed by atoms with Gasteiger partial charge in [0, 0.05) is 37.3 Å². The number of aromatic carboxylic acids is 1. The standard InChI is InChI=1S/C29H30N8O5/c1-29(2,3)42-22(39)16-36-17-30-25-24(36)26(37-21-7-5-4-6-20(21)23(33-37)27(40)41)32-28(31-25)35-14-12-34(13-15-35)18-8-10-19(38)11-9-18/h4-11,17,38H,12-16H2,1-3H3,(H,40,41). The van der Waals surface area contributed by atoms with Gasteiger partial charge in [-0.15, -0.1) is 0 Å². The number of imidazole rings is 1. The van der Waals surface area contributed by atoms with Gasteiger partial charge in [-0.05, 0) is 51.1 Å². The van der Waals surface area contributed by atoms with E-state index in [1.54, 1.807) is 61.7 Å². The van der Waals surface area contributed by atoms with Crippen molar-refractivity contribution in [3.05, 3.63) is 60.6 Å². The topological polar surface area (TPSA) is 152 Å². The molecule has 0 amide bonds. The van der Waals surface area contributed by atoms with Crippen LogP contribution < -0.4 is 9.80 Å². The Hall–Kier alpha value is -5.20. The molecule has 1 aliphatic rings. The first-order valence-corrected chi connectivity index (χ1v) is 13.5. The van der Waals surface area contributed by atoms with Gasteiger partial charge in [-0.2, -0.15) is 15.1 Å². The zero-order valence-corrected chi connectivity index (χ0v) is 23.4. The highest BCUT2D eigenvalue weighted by molar-refractivity contribution is 6.02. The largest absolute Gasteiger partial charge is 0.508 e. The summed E-state index contributed by atoms with van der Waals surface area (Å²) in [4.78, 5) is 43.2. The lowest BCUT2D eigenvalue weighted by Crippen LogP contribution is -2.47. The predicted molar refractivity (Wildman–Crippen MR) is 155 cm³/mol. The average Bonchev–Trinajstić information content (AvgIpc) is 3.54. The summed E-state index contributed by atoms with van der Waals surface area (Å²) in [6.45, 7) is 7.87. The Morgan fingerprint density at radius 3 is 2.33 bits per heavy atom. The fraction of sp³-hybridized carbons (Fsp3) is 0.310. The quantitative estimate of drug-likeness (QED) is 0.289. The molecule has 0 aliphatic carbocycles. The number of carbonyl (C=O) groups is 2. The molecule has 1 aliphatic heterocycles. The predicted octanol–water partition coefficient (Wildman–Crippen LogP) is 3.24. The molecular weight excluding hydrogens is 540 g/mol. The number of ether oxygens (including phenoxy) is 1. The SMILES string of the molecule is CC(C)(C)OC(=O)Cn1cnc2nc(N3CCN(c4ccc(O)cc4)CC3)nc(-n3nc(C(=O)O)c4ccccc43)c21. The van der Waals surface area contributed by atoms with Gasteiger partial charge in [0.05, 0.1) is 11.8 Å². The minimum absolute atomic E-state index is 0.111. The zero-order valence-electron chi connectivity index (χ0n) is 23.4. The van der Waals surface area contributed by atoms with Crippen molar-refractivity contribution in [2.75, 3.05) is 36.0 Å². The molecule has 0 atom stereocenters. The summed E-state index contributed by atoms with van der Waals surface area (Å²) in [6.07, 6.45) is 1.50. The number of aromatic hydroxyl groups is 1. The third-order valence-corrected chi connectivity index (χ3v) is 6.93. The fourth-order valence-electron chi connectivity index (χ4n) is 5.09. The van der Waals surface area contributed by atoms with Crippen molar-refractivity contribution in [2.45, 2.75) is 32.9 Å². The Morgan fingerprint density at radius 1 is 0.952 bits per heavy atom. The average molecular weight is 571 g/mol. The summed E-state index contributed by atoms with van der Waals surface area (Å²) in [5, 5.41) is 24.4. The van der Waals surface area contributed by atoms with E-state index >= 15 is 0 Å². The van der Waals surface area contributed by atoms with E-state index in [0.29, 0.717) is 60.0 Å². The van der Waals surface area contributed by atoms with Gasteiger partial charge < -0.3 is 29.3 Å². The van der Waals surface area contributed by atoms with Crippen molar-refractivity contribution in [1.82, 2.24) is 29.3 Å². The van der Waals surface area contributed by atoms with E-state index in [0.717, 1.165) is 5.69 Å². The Kier molecular flexibility index (Phi) is 6.64. The molecule has 0 spiro atoms. The second kappa shape index (κ2) is 10.3. The number of fused-ring (bicyclic) bond motifs is 2. The highest BCUT2D eigenvalue weighted by Gasteiger charge is 2.26. The molecule has 4 heterocycles. The summed E-state index contributed by atoms with van der Waals surface area (Å²) in [6, 6.07) is 14.1. The molecule has 42 heavy (non-hydrogen) atoms. The van der Waals surface area contributed by atoms with E-state index in [-0.39, 0.29) is 18.0 Å². The van der Waals surface area contributed by atoms with Crippen LogP contribution in [-0.2, 0) is 16.1 Å². The summed E-state index contributed by atoms with van der Waals surface area (Å²) in [5.41, 5.74) is 1.54. The summed E-state index contributed by atoms with van der Waals surface area (Å²) in [7, 11) is 0. The number of para-hydroxylation sites is 1. The number of carbonyl (C=O) groups excluding carboxylic acids is 1. The van der Waals surface area contributed by atoms with E-state index in [9.17, 15) is 19.8 Å². The molecule has 0 radical (unpaired) electrons. The van der Waals surface area contributed by atoms with Crippen molar-refractivity contribution in [3.8, 4) is 11.6 Å². The number of piperazine rings is 1. The van der Waals surface area contributed by atoms with Crippen LogP contribution >= 0.6 is 0 Å². The number of hydrogen-bond donors (Lipinski definition) is 2. The molecule has 2 aromatic carbocycles. The van der Waals surface area contributed by atoms with Gasteiger partial charge in [-0.3, -0.25) is 4.79 Å². The van der Waals surface area contributed by atoms with Crippen LogP contribution in [0.1, 0.15) is 31.3 Å². The van der Waals surface area contributed by atoms with Crippen molar-refractivity contribution in [1.29, 1.82) is 0 Å². The maximum absolute atomic E-state index is 12.8. The summed E-state index contributed by atoms with van der Waals surface area (Å²) >= 11 is 0. The normalized spacial score (nSPS) is 14.1. The Labute approximate surface area is 240 Å². The fourth-order valence-corrected chi connectivity index (χ4v) is 5.09. The van der Waals surface area contributed by atoms with E-state index in [1.807, 2.05) is 17.0 Å². The molecule has 13 nitrogen and oxygen atoms in total. The van der Waals surface area contributed by atoms with Crippen molar-refractivity contribution in [2.24, 2.45) is 0 Å². The van der Waals surface area contributed by atoms with Crippen molar-refractivity contribution < 1.29 is 24.5 Å². The minimum atomic E-state index is -1.16. The second-order valence-corrected chi connectivity index (χ2v) is 11.1. The second-order valence-electron chi connectivity index (χ2n) is 11.1. The Morgan fingerprint density at radius 2 is 1.64 bits per heavy atom. The van der Waals surface area contributed by atoms with E-state index < -0.39 is 17.5 Å². The maximum atomic E-state index is 12.8. The molecule has 3 aromatic heterocycles. The molecule has 13 heteroatoms. The molecule has 0 unspecified atom stereocenters. The number of benzene rings is 2. The lowest BCUT2D eigenvalue weighted by molar-refractivity contribution is -0.155. The first kappa shape index (κ1) is 27.0. The zero-order chi connectivity index (χ0) is 29.6. The number of nitrogens with zero attached hydrogens (tertiary/aromatic N) is 8. The number of phenolic OH excluding ortho intramolecular Hbond substituents is 1. The number of rotatable bonds is 6. The number of anilines is 2. The van der Waals surface area contributed by atoms with Crippen LogP contribution in [-0.4, -0.2) is 83.2 Å². The minimum Gasteiger partial charge on any atom is -0.508 e. The monoisotopic (exact) mass is 570 g/mol. The molecule has 0 saturated carbocycles.